The van der Waals surface area contributed by atoms with Gasteiger partial charge in [-0.25, -0.2) is 4.79 Å². The number of halogens is 3. The first-order valence-corrected chi connectivity index (χ1v) is 9.53. The van der Waals surface area contributed by atoms with Crippen LogP contribution in [0.25, 0.3) is 6.08 Å². The summed E-state index contributed by atoms with van der Waals surface area (Å²) in [6.07, 6.45) is 1.32. The van der Waals surface area contributed by atoms with E-state index >= 15 is 0 Å². The average Bonchev–Trinajstić information content (AvgIpc) is 2.94. The Morgan fingerprint density at radius 3 is 2.37 bits per heavy atom. The zero-order valence-corrected chi connectivity index (χ0v) is 17.9. The normalized spacial score (nSPS) is 15.2. The number of carbonyl (C=O) groups excluding carboxylic acids is 2. The third-order valence-corrected chi connectivity index (χ3v) is 5.52. The Hall–Kier alpha value is -2.87. The Labute approximate surface area is 186 Å². The number of benzene rings is 2. The van der Waals surface area contributed by atoms with Gasteiger partial charge < -0.3 is 4.74 Å². The molecule has 0 fully saturated rings. The van der Waals surface area contributed by atoms with Crippen molar-refractivity contribution in [3.8, 4) is 0 Å². The quantitative estimate of drug-likeness (QED) is 0.259. The van der Waals surface area contributed by atoms with Gasteiger partial charge in [0.25, 0.3) is 11.6 Å². The van der Waals surface area contributed by atoms with Crippen LogP contribution >= 0.6 is 34.8 Å². The number of methoxy groups -OCH3 is 1. The Bertz CT molecular complexity index is 1160. The summed E-state index contributed by atoms with van der Waals surface area (Å²) < 4.78 is 4.84. The second kappa shape index (κ2) is 8.47. The van der Waals surface area contributed by atoms with Gasteiger partial charge in [0.15, 0.2) is 0 Å². The number of hydrogen-bond acceptors (Lipinski definition) is 5. The van der Waals surface area contributed by atoms with E-state index in [9.17, 15) is 19.7 Å². The molecule has 1 amide bonds. The number of amides is 1. The number of nitrogens with zero attached hydrogens (tertiary/aromatic N) is 2. The molecule has 2 aromatic carbocycles. The molecule has 154 valence electrons. The van der Waals surface area contributed by atoms with Crippen molar-refractivity contribution in [3.05, 3.63) is 84.0 Å². The molecule has 1 heterocycles. The first-order chi connectivity index (χ1) is 14.1. The van der Waals surface area contributed by atoms with Crippen molar-refractivity contribution in [2.75, 3.05) is 12.0 Å². The summed E-state index contributed by atoms with van der Waals surface area (Å²) in [5.74, 6) is -1.29. The number of anilines is 1. The number of nitro benzene ring substituents is 1. The van der Waals surface area contributed by atoms with Crippen LogP contribution in [0.3, 0.4) is 0 Å². The van der Waals surface area contributed by atoms with Gasteiger partial charge in [0.05, 0.1) is 38.9 Å². The molecule has 0 aromatic heterocycles. The van der Waals surface area contributed by atoms with Crippen molar-refractivity contribution in [2.45, 2.75) is 6.92 Å². The Morgan fingerprint density at radius 2 is 1.77 bits per heavy atom. The molecule has 0 spiro atoms. The Balaban J connectivity index is 2.19. The summed E-state index contributed by atoms with van der Waals surface area (Å²) in [5.41, 5.74) is 0.682. The van der Waals surface area contributed by atoms with Gasteiger partial charge in [0, 0.05) is 28.4 Å². The minimum absolute atomic E-state index is 0.0103. The summed E-state index contributed by atoms with van der Waals surface area (Å²) in [6, 6.07) is 8.39. The zero-order chi connectivity index (χ0) is 22.2. The third-order valence-electron chi connectivity index (χ3n) is 4.44. The Morgan fingerprint density at radius 1 is 1.10 bits per heavy atom. The SMILES string of the molecule is COC(=O)C1=C(C)N(c2ccc(Cl)c(Cl)c2)C(=O)/C1=C\c1cc([N+](=O)[O-])ccc1Cl. The van der Waals surface area contributed by atoms with Crippen LogP contribution in [0.1, 0.15) is 12.5 Å². The topological polar surface area (TPSA) is 89.8 Å². The maximum atomic E-state index is 13.2. The lowest BCUT2D eigenvalue weighted by atomic mass is 10.0. The molecular weight excluding hydrogens is 455 g/mol. The molecule has 1 aliphatic heterocycles. The maximum absolute atomic E-state index is 13.2. The van der Waals surface area contributed by atoms with Crippen LogP contribution in [0.2, 0.25) is 15.1 Å². The minimum Gasteiger partial charge on any atom is -0.465 e. The van der Waals surface area contributed by atoms with Gasteiger partial charge in [-0.15, -0.1) is 0 Å². The summed E-state index contributed by atoms with van der Waals surface area (Å²) in [5, 5.41) is 11.8. The Kier molecular flexibility index (Phi) is 6.17. The molecular formula is C20H13Cl3N2O5. The number of carbonyl (C=O) groups is 2. The highest BCUT2D eigenvalue weighted by molar-refractivity contribution is 6.42. The highest BCUT2D eigenvalue weighted by Crippen LogP contribution is 2.38. The van der Waals surface area contributed by atoms with E-state index in [0.29, 0.717) is 16.4 Å². The molecule has 2 aromatic rings. The molecule has 0 saturated carbocycles. The lowest BCUT2D eigenvalue weighted by Gasteiger charge is -2.18. The van der Waals surface area contributed by atoms with Crippen molar-refractivity contribution in [1.82, 2.24) is 0 Å². The fourth-order valence-electron chi connectivity index (χ4n) is 3.03. The molecule has 0 radical (unpaired) electrons. The van der Waals surface area contributed by atoms with Crippen molar-refractivity contribution in [2.24, 2.45) is 0 Å². The number of allylic oxidation sites excluding steroid dienone is 1. The van der Waals surface area contributed by atoms with Crippen LogP contribution in [0, 0.1) is 10.1 Å². The van der Waals surface area contributed by atoms with Gasteiger partial charge in [-0.3, -0.25) is 19.8 Å². The van der Waals surface area contributed by atoms with Crippen LogP contribution < -0.4 is 4.90 Å². The molecule has 0 bridgehead atoms. The zero-order valence-electron chi connectivity index (χ0n) is 15.6. The van der Waals surface area contributed by atoms with E-state index in [2.05, 4.69) is 0 Å². The monoisotopic (exact) mass is 466 g/mol. The first kappa shape index (κ1) is 21.8. The lowest BCUT2D eigenvalue weighted by Crippen LogP contribution is -2.24. The predicted molar refractivity (Wildman–Crippen MR) is 115 cm³/mol. The fraction of sp³-hybridized carbons (Fsp3) is 0.100. The van der Waals surface area contributed by atoms with E-state index in [0.717, 1.165) is 0 Å². The second-order valence-electron chi connectivity index (χ2n) is 6.21. The number of esters is 1. The maximum Gasteiger partial charge on any atom is 0.340 e. The summed E-state index contributed by atoms with van der Waals surface area (Å²) >= 11 is 18.2. The third kappa shape index (κ3) is 3.92. The van der Waals surface area contributed by atoms with E-state index in [4.69, 9.17) is 39.5 Å². The predicted octanol–water partition coefficient (Wildman–Crippen LogP) is 5.43. The molecule has 0 unspecified atom stereocenters. The van der Waals surface area contributed by atoms with Gasteiger partial charge in [0.2, 0.25) is 0 Å². The molecule has 3 rings (SSSR count). The number of rotatable bonds is 4. The molecule has 0 N–H and O–H groups in total. The first-order valence-electron chi connectivity index (χ1n) is 8.40. The lowest BCUT2D eigenvalue weighted by molar-refractivity contribution is -0.384. The molecule has 1 aliphatic rings. The van der Waals surface area contributed by atoms with Gasteiger partial charge in [-0.2, -0.15) is 0 Å². The van der Waals surface area contributed by atoms with E-state index in [1.807, 2.05) is 0 Å². The van der Waals surface area contributed by atoms with Crippen LogP contribution in [0.4, 0.5) is 11.4 Å². The minimum atomic E-state index is -0.740. The number of ether oxygens (including phenoxy) is 1. The van der Waals surface area contributed by atoms with E-state index in [1.54, 1.807) is 13.0 Å². The van der Waals surface area contributed by atoms with E-state index in [1.165, 1.54) is 48.4 Å². The summed E-state index contributed by atoms with van der Waals surface area (Å²) in [4.78, 5) is 37.5. The van der Waals surface area contributed by atoms with E-state index in [-0.39, 0.29) is 32.4 Å². The van der Waals surface area contributed by atoms with Gasteiger partial charge >= 0.3 is 5.97 Å². The molecule has 10 heteroatoms. The summed E-state index contributed by atoms with van der Waals surface area (Å²) in [6.45, 7) is 1.57. The van der Waals surface area contributed by atoms with Crippen molar-refractivity contribution < 1.29 is 19.2 Å². The number of hydrogen-bond donors (Lipinski definition) is 0. The summed E-state index contributed by atoms with van der Waals surface area (Å²) in [7, 11) is 1.19. The van der Waals surface area contributed by atoms with Gasteiger partial charge in [-0.05, 0) is 37.3 Å². The molecule has 0 saturated heterocycles. The van der Waals surface area contributed by atoms with Crippen LogP contribution in [0.5, 0.6) is 0 Å². The van der Waals surface area contributed by atoms with Crippen molar-refractivity contribution in [3.63, 3.8) is 0 Å². The molecule has 7 nitrogen and oxygen atoms in total. The highest BCUT2D eigenvalue weighted by atomic mass is 35.5. The highest BCUT2D eigenvalue weighted by Gasteiger charge is 2.38. The van der Waals surface area contributed by atoms with Crippen molar-refractivity contribution in [1.29, 1.82) is 0 Å². The number of non-ortho nitro benzene ring substituents is 1. The van der Waals surface area contributed by atoms with Crippen LogP contribution in [-0.4, -0.2) is 23.9 Å². The van der Waals surface area contributed by atoms with Crippen molar-refractivity contribution >= 4 is 64.1 Å². The van der Waals surface area contributed by atoms with Crippen LogP contribution in [-0.2, 0) is 14.3 Å². The van der Waals surface area contributed by atoms with Gasteiger partial charge in [0.1, 0.15) is 0 Å². The average molecular weight is 468 g/mol. The second-order valence-corrected chi connectivity index (χ2v) is 7.43. The molecule has 30 heavy (non-hydrogen) atoms. The smallest absolute Gasteiger partial charge is 0.340 e. The van der Waals surface area contributed by atoms with Gasteiger partial charge in [-0.1, -0.05) is 34.8 Å². The van der Waals surface area contributed by atoms with Crippen LogP contribution in [0.15, 0.2) is 53.2 Å². The van der Waals surface area contributed by atoms with E-state index < -0.39 is 16.8 Å². The molecule has 0 aliphatic carbocycles. The largest absolute Gasteiger partial charge is 0.465 e. The molecule has 0 atom stereocenters. The number of nitro groups is 1. The fourth-order valence-corrected chi connectivity index (χ4v) is 3.49. The standard InChI is InChI=1S/C20H13Cl3N2O5/c1-10-18(20(27)30-2)14(8-11-7-13(25(28)29)4-5-15(11)21)19(26)24(10)12-3-6-16(22)17(23)9-12/h3-9H,1-2H3/b14-8-.